The minimum absolute atomic E-state index is 0.0427. The zero-order chi connectivity index (χ0) is 16.9. The summed E-state index contributed by atoms with van der Waals surface area (Å²) in [7, 11) is 0. The standard InChI is InChI=1S/C21H18FNO/c1-15-14-23-20(22)13-18(15)12-19(24)21(16-8-4-2-5-9-16)17-10-6-3-7-11-17/h2-11,13-14,21H,12H2,1H3. The third-order valence-corrected chi connectivity index (χ3v) is 4.13. The number of rotatable bonds is 5. The first-order chi connectivity index (χ1) is 11.6. The zero-order valence-corrected chi connectivity index (χ0v) is 13.4. The van der Waals surface area contributed by atoms with E-state index in [4.69, 9.17) is 0 Å². The van der Waals surface area contributed by atoms with Gasteiger partial charge in [-0.25, -0.2) is 4.98 Å². The van der Waals surface area contributed by atoms with Gasteiger partial charge in [-0.15, -0.1) is 0 Å². The van der Waals surface area contributed by atoms with E-state index in [1.54, 1.807) is 0 Å². The molecule has 0 aliphatic rings. The second-order valence-corrected chi connectivity index (χ2v) is 5.83. The lowest BCUT2D eigenvalue weighted by Crippen LogP contribution is -2.17. The molecule has 0 fully saturated rings. The third-order valence-electron chi connectivity index (χ3n) is 4.13. The minimum atomic E-state index is -0.556. The molecule has 3 aromatic rings. The van der Waals surface area contributed by atoms with E-state index in [9.17, 15) is 9.18 Å². The van der Waals surface area contributed by atoms with Gasteiger partial charge in [-0.3, -0.25) is 4.79 Å². The lowest BCUT2D eigenvalue weighted by molar-refractivity contribution is -0.119. The summed E-state index contributed by atoms with van der Waals surface area (Å²) in [5, 5.41) is 0. The quantitative estimate of drug-likeness (QED) is 0.649. The Kier molecular flexibility index (Phi) is 4.80. The van der Waals surface area contributed by atoms with Crippen molar-refractivity contribution in [3.8, 4) is 0 Å². The maximum Gasteiger partial charge on any atom is 0.213 e. The Morgan fingerprint density at radius 3 is 2.08 bits per heavy atom. The normalized spacial score (nSPS) is 10.8. The van der Waals surface area contributed by atoms with Crippen LogP contribution >= 0.6 is 0 Å². The second-order valence-electron chi connectivity index (χ2n) is 5.83. The highest BCUT2D eigenvalue weighted by Crippen LogP contribution is 2.27. The lowest BCUT2D eigenvalue weighted by Gasteiger charge is -2.17. The van der Waals surface area contributed by atoms with Gasteiger partial charge in [0.15, 0.2) is 0 Å². The van der Waals surface area contributed by atoms with Crippen LogP contribution in [0.2, 0.25) is 0 Å². The van der Waals surface area contributed by atoms with Crippen LogP contribution in [0.3, 0.4) is 0 Å². The molecule has 0 N–H and O–H groups in total. The molecule has 3 rings (SSSR count). The van der Waals surface area contributed by atoms with E-state index in [2.05, 4.69) is 4.98 Å². The van der Waals surface area contributed by atoms with E-state index in [0.29, 0.717) is 5.56 Å². The molecule has 0 unspecified atom stereocenters. The Morgan fingerprint density at radius 2 is 1.54 bits per heavy atom. The van der Waals surface area contributed by atoms with E-state index in [1.165, 1.54) is 12.3 Å². The van der Waals surface area contributed by atoms with Crippen molar-refractivity contribution < 1.29 is 9.18 Å². The fraction of sp³-hybridized carbons (Fsp3) is 0.143. The number of carbonyl (C=O) groups excluding carboxylic acids is 1. The molecule has 120 valence electrons. The molecule has 0 saturated carbocycles. The SMILES string of the molecule is Cc1cnc(F)cc1CC(=O)C(c1ccccc1)c1ccccc1. The molecule has 0 radical (unpaired) electrons. The highest BCUT2D eigenvalue weighted by atomic mass is 19.1. The van der Waals surface area contributed by atoms with Gasteiger partial charge >= 0.3 is 0 Å². The van der Waals surface area contributed by atoms with Gasteiger partial charge < -0.3 is 0 Å². The number of benzene rings is 2. The highest BCUT2D eigenvalue weighted by Gasteiger charge is 2.23. The smallest absolute Gasteiger partial charge is 0.213 e. The van der Waals surface area contributed by atoms with Crippen molar-refractivity contribution in [1.29, 1.82) is 0 Å². The number of hydrogen-bond donors (Lipinski definition) is 0. The van der Waals surface area contributed by atoms with Crippen LogP contribution in [0.1, 0.15) is 28.2 Å². The Labute approximate surface area is 141 Å². The molecule has 1 heterocycles. The van der Waals surface area contributed by atoms with E-state index < -0.39 is 5.95 Å². The Bertz CT molecular complexity index is 791. The lowest BCUT2D eigenvalue weighted by atomic mass is 9.85. The molecule has 0 spiro atoms. The maximum absolute atomic E-state index is 13.4. The molecule has 24 heavy (non-hydrogen) atoms. The summed E-state index contributed by atoms with van der Waals surface area (Å²) in [5.41, 5.74) is 3.40. The zero-order valence-electron chi connectivity index (χ0n) is 13.4. The molecule has 1 aromatic heterocycles. The molecule has 2 nitrogen and oxygen atoms in total. The molecule has 3 heteroatoms. The van der Waals surface area contributed by atoms with E-state index >= 15 is 0 Å². The Balaban J connectivity index is 1.97. The van der Waals surface area contributed by atoms with Crippen molar-refractivity contribution in [2.75, 3.05) is 0 Å². The average Bonchev–Trinajstić information content (AvgIpc) is 2.60. The summed E-state index contributed by atoms with van der Waals surface area (Å²) < 4.78 is 13.4. The van der Waals surface area contributed by atoms with Crippen molar-refractivity contribution in [2.45, 2.75) is 19.3 Å². The first-order valence-corrected chi connectivity index (χ1v) is 7.89. The Hall–Kier alpha value is -2.81. The van der Waals surface area contributed by atoms with Crippen molar-refractivity contribution in [3.05, 3.63) is 101 Å². The van der Waals surface area contributed by atoms with Crippen molar-refractivity contribution in [2.24, 2.45) is 0 Å². The number of pyridine rings is 1. The molecule has 0 saturated heterocycles. The summed E-state index contributed by atoms with van der Waals surface area (Å²) in [6.45, 7) is 1.84. The van der Waals surface area contributed by atoms with Crippen LogP contribution in [0.15, 0.2) is 72.9 Å². The van der Waals surface area contributed by atoms with Crippen molar-refractivity contribution in [1.82, 2.24) is 4.98 Å². The third kappa shape index (κ3) is 3.57. The van der Waals surface area contributed by atoms with Gasteiger partial charge in [0, 0.05) is 12.6 Å². The van der Waals surface area contributed by atoms with Gasteiger partial charge in [-0.1, -0.05) is 60.7 Å². The molecular weight excluding hydrogens is 301 g/mol. The maximum atomic E-state index is 13.4. The fourth-order valence-electron chi connectivity index (χ4n) is 2.87. The van der Waals surface area contributed by atoms with Crippen LogP contribution in [0.4, 0.5) is 4.39 Å². The molecule has 2 aromatic carbocycles. The van der Waals surface area contributed by atoms with Gasteiger partial charge in [0.1, 0.15) is 5.78 Å². The van der Waals surface area contributed by atoms with Crippen LogP contribution in [0.5, 0.6) is 0 Å². The summed E-state index contributed by atoms with van der Waals surface area (Å²) in [6.07, 6.45) is 1.65. The topological polar surface area (TPSA) is 30.0 Å². The van der Waals surface area contributed by atoms with Crippen LogP contribution in [0, 0.1) is 12.9 Å². The number of aryl methyl sites for hydroxylation is 1. The number of aromatic nitrogens is 1. The van der Waals surface area contributed by atoms with Crippen molar-refractivity contribution in [3.63, 3.8) is 0 Å². The van der Waals surface area contributed by atoms with Crippen LogP contribution in [-0.4, -0.2) is 10.8 Å². The van der Waals surface area contributed by atoms with Crippen LogP contribution < -0.4 is 0 Å². The van der Waals surface area contributed by atoms with Crippen LogP contribution in [-0.2, 0) is 11.2 Å². The molecule has 0 amide bonds. The molecule has 0 atom stereocenters. The van der Waals surface area contributed by atoms with E-state index in [1.807, 2.05) is 67.6 Å². The van der Waals surface area contributed by atoms with Crippen molar-refractivity contribution >= 4 is 5.78 Å². The van der Waals surface area contributed by atoms with E-state index in [-0.39, 0.29) is 18.1 Å². The number of nitrogens with zero attached hydrogens (tertiary/aromatic N) is 1. The summed E-state index contributed by atoms with van der Waals surface area (Å²) in [4.78, 5) is 16.7. The highest BCUT2D eigenvalue weighted by molar-refractivity contribution is 5.90. The molecule has 0 aliphatic carbocycles. The second kappa shape index (κ2) is 7.18. The first-order valence-electron chi connectivity index (χ1n) is 7.89. The van der Waals surface area contributed by atoms with Gasteiger partial charge in [0.25, 0.3) is 0 Å². The predicted molar refractivity (Wildman–Crippen MR) is 92.4 cm³/mol. The van der Waals surface area contributed by atoms with Gasteiger partial charge in [-0.2, -0.15) is 4.39 Å². The molecule has 0 bridgehead atoms. The molecule has 0 aliphatic heterocycles. The molecular formula is C21H18FNO. The minimum Gasteiger partial charge on any atom is -0.298 e. The fourth-order valence-corrected chi connectivity index (χ4v) is 2.87. The van der Waals surface area contributed by atoms with Gasteiger partial charge in [-0.05, 0) is 35.2 Å². The van der Waals surface area contributed by atoms with Crippen LogP contribution in [0.25, 0.3) is 0 Å². The number of halogens is 1. The van der Waals surface area contributed by atoms with Gasteiger partial charge in [0.2, 0.25) is 5.95 Å². The first kappa shape index (κ1) is 16.1. The number of ketones is 1. The van der Waals surface area contributed by atoms with Gasteiger partial charge in [0.05, 0.1) is 5.92 Å². The summed E-state index contributed by atoms with van der Waals surface area (Å²) in [6, 6.07) is 20.7. The number of Topliss-reactive ketones (excluding diaryl/α,β-unsaturated/α-hetero) is 1. The average molecular weight is 319 g/mol. The number of carbonyl (C=O) groups is 1. The summed E-state index contributed by atoms with van der Waals surface area (Å²) in [5.74, 6) is -0.872. The predicted octanol–water partition coefficient (Wildman–Crippen LogP) is 4.47. The summed E-state index contributed by atoms with van der Waals surface area (Å²) >= 11 is 0. The Morgan fingerprint density at radius 1 is 1.00 bits per heavy atom. The monoisotopic (exact) mass is 319 g/mol. The largest absolute Gasteiger partial charge is 0.298 e. The van der Waals surface area contributed by atoms with E-state index in [0.717, 1.165) is 16.7 Å². The number of hydrogen-bond acceptors (Lipinski definition) is 2.